The van der Waals surface area contributed by atoms with Gasteiger partial charge in [-0.05, 0) is 124 Å². The molecule has 0 bridgehead atoms. The van der Waals surface area contributed by atoms with E-state index in [0.29, 0.717) is 18.1 Å². The zero-order valence-electron chi connectivity index (χ0n) is 29.4. The van der Waals surface area contributed by atoms with E-state index in [1.807, 2.05) is 0 Å². The third-order valence-corrected chi connectivity index (χ3v) is 7.08. The van der Waals surface area contributed by atoms with Gasteiger partial charge in [-0.3, -0.25) is 0 Å². The molecule has 6 nitrogen and oxygen atoms in total. The summed E-state index contributed by atoms with van der Waals surface area (Å²) in [6.07, 6.45) is 0.960. The molecule has 0 heterocycles. The highest BCUT2D eigenvalue weighted by molar-refractivity contribution is 5.73. The third kappa shape index (κ3) is 13.4. The average molecular weight is 581 g/mol. The minimum absolute atomic E-state index is 0.0762. The Morgan fingerprint density at radius 3 is 1.57 bits per heavy atom. The SMILES string of the molecule is Cc1c(NC(C)C)cc(NC(C)C)cc1NC(C)(C)CC(C)(C)NCc1cc(CNC(C)C)cc(CNC(C)(C)C)c1. The molecule has 0 spiro atoms. The number of rotatable bonds is 16. The van der Waals surface area contributed by atoms with Crippen LogP contribution in [0.3, 0.4) is 0 Å². The van der Waals surface area contributed by atoms with E-state index in [4.69, 9.17) is 0 Å². The van der Waals surface area contributed by atoms with Gasteiger partial charge in [-0.25, -0.2) is 0 Å². The van der Waals surface area contributed by atoms with Crippen molar-refractivity contribution in [2.45, 2.75) is 158 Å². The number of nitrogens with one attached hydrogen (secondary N) is 6. The first-order valence-electron chi connectivity index (χ1n) is 16.0. The Morgan fingerprint density at radius 1 is 0.571 bits per heavy atom. The van der Waals surface area contributed by atoms with Gasteiger partial charge in [0.25, 0.3) is 0 Å². The second kappa shape index (κ2) is 14.9. The van der Waals surface area contributed by atoms with Crippen LogP contribution in [0, 0.1) is 6.92 Å². The van der Waals surface area contributed by atoms with Gasteiger partial charge in [-0.2, -0.15) is 0 Å². The van der Waals surface area contributed by atoms with Gasteiger partial charge in [0.2, 0.25) is 0 Å². The zero-order chi connectivity index (χ0) is 31.9. The van der Waals surface area contributed by atoms with E-state index >= 15 is 0 Å². The molecule has 2 aromatic carbocycles. The fourth-order valence-electron chi connectivity index (χ4n) is 5.47. The normalized spacial score (nSPS) is 12.9. The molecule has 0 amide bonds. The first-order valence-corrected chi connectivity index (χ1v) is 16.0. The van der Waals surface area contributed by atoms with Crippen molar-refractivity contribution in [1.82, 2.24) is 16.0 Å². The lowest BCUT2D eigenvalue weighted by molar-refractivity contribution is 0.301. The van der Waals surface area contributed by atoms with Crippen LogP contribution in [0.15, 0.2) is 30.3 Å². The molecule has 6 heteroatoms. The van der Waals surface area contributed by atoms with Crippen molar-refractivity contribution in [1.29, 1.82) is 0 Å². The molecular weight excluding hydrogens is 516 g/mol. The molecule has 0 aliphatic heterocycles. The van der Waals surface area contributed by atoms with Crippen LogP contribution in [0.5, 0.6) is 0 Å². The molecular formula is C36H64N6. The fraction of sp³-hybridized carbons (Fsp3) is 0.667. The zero-order valence-corrected chi connectivity index (χ0v) is 29.4. The lowest BCUT2D eigenvalue weighted by atomic mass is 9.86. The Kier molecular flexibility index (Phi) is 12.8. The topological polar surface area (TPSA) is 72.2 Å². The quantitative estimate of drug-likeness (QED) is 0.120. The maximum Gasteiger partial charge on any atom is 0.0415 e. The van der Waals surface area contributed by atoms with Crippen LogP contribution in [0.4, 0.5) is 17.1 Å². The van der Waals surface area contributed by atoms with Crippen molar-refractivity contribution < 1.29 is 0 Å². The summed E-state index contributed by atoms with van der Waals surface area (Å²) >= 11 is 0. The molecule has 0 radical (unpaired) electrons. The molecule has 2 rings (SSSR count). The summed E-state index contributed by atoms with van der Waals surface area (Å²) in [5.41, 5.74) is 8.62. The minimum Gasteiger partial charge on any atom is -0.383 e. The van der Waals surface area contributed by atoms with Crippen LogP contribution in [-0.4, -0.2) is 34.7 Å². The average Bonchev–Trinajstić information content (AvgIpc) is 2.81. The lowest BCUT2D eigenvalue weighted by Gasteiger charge is -2.38. The molecule has 42 heavy (non-hydrogen) atoms. The van der Waals surface area contributed by atoms with Gasteiger partial charge < -0.3 is 31.9 Å². The van der Waals surface area contributed by atoms with Gasteiger partial charge >= 0.3 is 0 Å². The molecule has 0 fully saturated rings. The van der Waals surface area contributed by atoms with Crippen molar-refractivity contribution in [3.63, 3.8) is 0 Å². The first-order chi connectivity index (χ1) is 19.2. The number of hydrogen-bond donors (Lipinski definition) is 6. The highest BCUT2D eigenvalue weighted by Gasteiger charge is 2.29. The van der Waals surface area contributed by atoms with Crippen molar-refractivity contribution in [2.75, 3.05) is 16.0 Å². The van der Waals surface area contributed by atoms with Gasteiger partial charge in [0.15, 0.2) is 0 Å². The highest BCUT2D eigenvalue weighted by atomic mass is 15.0. The highest BCUT2D eigenvalue weighted by Crippen LogP contribution is 2.33. The largest absolute Gasteiger partial charge is 0.383 e. The summed E-state index contributed by atoms with van der Waals surface area (Å²) in [5.74, 6) is 0. The molecule has 238 valence electrons. The van der Waals surface area contributed by atoms with Gasteiger partial charge in [0, 0.05) is 71.4 Å². The molecule has 0 saturated carbocycles. The Labute approximate surface area is 259 Å². The van der Waals surface area contributed by atoms with Gasteiger partial charge in [0.1, 0.15) is 0 Å². The minimum atomic E-state index is -0.127. The van der Waals surface area contributed by atoms with Crippen molar-refractivity contribution in [3.05, 3.63) is 52.6 Å². The molecule has 6 N–H and O–H groups in total. The molecule has 2 aromatic rings. The maximum absolute atomic E-state index is 3.91. The van der Waals surface area contributed by atoms with Crippen molar-refractivity contribution in [2.24, 2.45) is 0 Å². The maximum atomic E-state index is 3.91. The summed E-state index contributed by atoms with van der Waals surface area (Å²) in [6, 6.07) is 12.7. The van der Waals surface area contributed by atoms with Crippen molar-refractivity contribution in [3.8, 4) is 0 Å². The Bertz CT molecular complexity index is 1120. The molecule has 0 saturated heterocycles. The third-order valence-electron chi connectivity index (χ3n) is 7.08. The van der Waals surface area contributed by atoms with E-state index in [1.165, 1.54) is 33.6 Å². The number of hydrogen-bond acceptors (Lipinski definition) is 6. The summed E-state index contributed by atoms with van der Waals surface area (Å²) in [4.78, 5) is 0. The Hall–Kier alpha value is -2.28. The van der Waals surface area contributed by atoms with Gasteiger partial charge in [-0.15, -0.1) is 0 Å². The van der Waals surface area contributed by atoms with E-state index in [-0.39, 0.29) is 16.6 Å². The predicted octanol–water partition coefficient (Wildman–Crippen LogP) is 8.17. The smallest absolute Gasteiger partial charge is 0.0415 e. The summed E-state index contributed by atoms with van der Waals surface area (Å²) in [6.45, 7) is 33.8. The monoisotopic (exact) mass is 581 g/mol. The number of benzene rings is 2. The summed E-state index contributed by atoms with van der Waals surface area (Å²) in [5, 5.41) is 22.3. The van der Waals surface area contributed by atoms with E-state index < -0.39 is 0 Å². The van der Waals surface area contributed by atoms with E-state index in [9.17, 15) is 0 Å². The van der Waals surface area contributed by atoms with Crippen LogP contribution in [0.25, 0.3) is 0 Å². The summed E-state index contributed by atoms with van der Waals surface area (Å²) < 4.78 is 0. The van der Waals surface area contributed by atoms with Gasteiger partial charge in [0.05, 0.1) is 0 Å². The van der Waals surface area contributed by atoms with Gasteiger partial charge in [-0.1, -0.05) is 32.0 Å². The van der Waals surface area contributed by atoms with Crippen LogP contribution < -0.4 is 31.9 Å². The van der Waals surface area contributed by atoms with E-state index in [0.717, 1.165) is 31.7 Å². The second-order valence-electron chi connectivity index (χ2n) is 15.5. The van der Waals surface area contributed by atoms with Crippen molar-refractivity contribution >= 4 is 17.1 Å². The van der Waals surface area contributed by atoms with Crippen LogP contribution in [0.1, 0.15) is 119 Å². The second-order valence-corrected chi connectivity index (χ2v) is 15.5. The molecule has 0 unspecified atom stereocenters. The Balaban J connectivity index is 2.20. The van der Waals surface area contributed by atoms with Crippen LogP contribution in [-0.2, 0) is 19.6 Å². The first kappa shape index (κ1) is 35.9. The lowest BCUT2D eigenvalue weighted by Crippen LogP contribution is -2.47. The standard InChI is InChI=1S/C36H64N6/c1-24(2)37-20-28-15-29(21-38-34(8,9)10)17-30(16-28)22-39-35(11,12)23-36(13,14)42-33-19-31(40-25(3)4)18-32(27(33)7)41-26(5)6/h15-19,24-26,37-42H,20-23H2,1-14H3. The predicted molar refractivity (Wildman–Crippen MR) is 187 cm³/mol. The fourth-order valence-corrected chi connectivity index (χ4v) is 5.47. The Morgan fingerprint density at radius 2 is 1.07 bits per heavy atom. The van der Waals surface area contributed by atoms with E-state index in [1.54, 1.807) is 0 Å². The molecule has 0 aliphatic rings. The molecule has 0 aliphatic carbocycles. The van der Waals surface area contributed by atoms with E-state index in [2.05, 4.69) is 159 Å². The van der Waals surface area contributed by atoms with Crippen LogP contribution in [0.2, 0.25) is 0 Å². The number of anilines is 3. The summed E-state index contributed by atoms with van der Waals surface area (Å²) in [7, 11) is 0. The molecule has 0 atom stereocenters. The van der Waals surface area contributed by atoms with Crippen LogP contribution >= 0.6 is 0 Å². The molecule has 0 aromatic heterocycles.